The van der Waals surface area contributed by atoms with Gasteiger partial charge < -0.3 is 4.74 Å². The first-order valence-electron chi connectivity index (χ1n) is 9.50. The molecule has 0 saturated heterocycles. The minimum Gasteiger partial charge on any atom is -0.497 e. The second-order valence-corrected chi connectivity index (χ2v) is 7.17. The van der Waals surface area contributed by atoms with E-state index in [9.17, 15) is 0 Å². The topological polar surface area (TPSA) is 27.1 Å². The molecule has 0 bridgehead atoms. The molecule has 0 fully saturated rings. The summed E-state index contributed by atoms with van der Waals surface area (Å²) < 4.78 is 7.67. The predicted octanol–water partition coefficient (Wildman–Crippen LogP) is 5.05. The van der Waals surface area contributed by atoms with Crippen LogP contribution >= 0.6 is 0 Å². The smallest absolute Gasteiger partial charge is 0.119 e. The van der Waals surface area contributed by atoms with E-state index in [1.54, 1.807) is 7.11 Å². The SMILES string of the molecule is COc1ccc2c(c1)-c1nn(Cc3ccccc3)c(C3=CC=CC3)c1CC2. The van der Waals surface area contributed by atoms with Crippen molar-refractivity contribution in [1.29, 1.82) is 0 Å². The quantitative estimate of drug-likeness (QED) is 0.656. The Morgan fingerprint density at radius 1 is 1.07 bits per heavy atom. The number of fused-ring (bicyclic) bond motifs is 3. The van der Waals surface area contributed by atoms with Gasteiger partial charge in [-0.25, -0.2) is 0 Å². The summed E-state index contributed by atoms with van der Waals surface area (Å²) in [6.07, 6.45) is 9.69. The largest absolute Gasteiger partial charge is 0.497 e. The highest BCUT2D eigenvalue weighted by Gasteiger charge is 2.27. The highest BCUT2D eigenvalue weighted by Crippen LogP contribution is 2.40. The van der Waals surface area contributed by atoms with E-state index in [0.717, 1.165) is 37.3 Å². The summed E-state index contributed by atoms with van der Waals surface area (Å²) in [6, 6.07) is 17.0. The first kappa shape index (κ1) is 16.1. The Balaban J connectivity index is 1.67. The molecule has 0 spiro atoms. The van der Waals surface area contributed by atoms with Crippen molar-refractivity contribution in [2.24, 2.45) is 0 Å². The Hall–Kier alpha value is -3.07. The molecule has 0 N–H and O–H groups in total. The molecule has 0 amide bonds. The summed E-state index contributed by atoms with van der Waals surface area (Å²) in [5, 5.41) is 5.10. The lowest BCUT2D eigenvalue weighted by atomic mass is 9.87. The van der Waals surface area contributed by atoms with Crippen LogP contribution in [0.2, 0.25) is 0 Å². The average molecular weight is 354 g/mol. The van der Waals surface area contributed by atoms with Gasteiger partial charge in [0, 0.05) is 11.1 Å². The molecule has 0 radical (unpaired) electrons. The number of hydrogen-bond donors (Lipinski definition) is 0. The summed E-state index contributed by atoms with van der Waals surface area (Å²) in [4.78, 5) is 0. The maximum absolute atomic E-state index is 5.47. The van der Waals surface area contributed by atoms with E-state index in [4.69, 9.17) is 9.84 Å². The third-order valence-electron chi connectivity index (χ3n) is 5.52. The van der Waals surface area contributed by atoms with Crippen LogP contribution in [0.25, 0.3) is 16.8 Å². The second-order valence-electron chi connectivity index (χ2n) is 7.17. The number of aryl methyl sites for hydroxylation is 1. The van der Waals surface area contributed by atoms with E-state index in [1.165, 1.54) is 33.5 Å². The van der Waals surface area contributed by atoms with Crippen LogP contribution in [0.4, 0.5) is 0 Å². The predicted molar refractivity (Wildman–Crippen MR) is 109 cm³/mol. The fourth-order valence-electron chi connectivity index (χ4n) is 4.19. The van der Waals surface area contributed by atoms with Crippen LogP contribution in [0.15, 0.2) is 66.8 Å². The number of rotatable bonds is 4. The van der Waals surface area contributed by atoms with Crippen molar-refractivity contribution in [2.75, 3.05) is 7.11 Å². The van der Waals surface area contributed by atoms with Crippen LogP contribution in [0, 0.1) is 0 Å². The van der Waals surface area contributed by atoms with Gasteiger partial charge in [0.05, 0.1) is 25.0 Å². The minimum atomic E-state index is 0.791. The van der Waals surface area contributed by atoms with Crippen molar-refractivity contribution < 1.29 is 4.74 Å². The van der Waals surface area contributed by atoms with Gasteiger partial charge in [0.2, 0.25) is 0 Å². The number of hydrogen-bond acceptors (Lipinski definition) is 2. The zero-order valence-corrected chi connectivity index (χ0v) is 15.5. The van der Waals surface area contributed by atoms with Gasteiger partial charge in [-0.3, -0.25) is 4.68 Å². The van der Waals surface area contributed by atoms with Gasteiger partial charge in [-0.15, -0.1) is 0 Å². The van der Waals surface area contributed by atoms with E-state index < -0.39 is 0 Å². The minimum absolute atomic E-state index is 0.791. The van der Waals surface area contributed by atoms with E-state index in [1.807, 2.05) is 0 Å². The molecular formula is C24H22N2O. The van der Waals surface area contributed by atoms with Gasteiger partial charge in [0.15, 0.2) is 0 Å². The van der Waals surface area contributed by atoms with Gasteiger partial charge in [-0.2, -0.15) is 5.10 Å². The molecule has 1 aromatic heterocycles. The van der Waals surface area contributed by atoms with Crippen LogP contribution in [-0.4, -0.2) is 16.9 Å². The average Bonchev–Trinajstić information content (AvgIpc) is 3.35. The van der Waals surface area contributed by atoms with Gasteiger partial charge in [-0.05, 0) is 48.1 Å². The Morgan fingerprint density at radius 2 is 1.96 bits per heavy atom. The molecular weight excluding hydrogens is 332 g/mol. The number of allylic oxidation sites excluding steroid dienone is 4. The van der Waals surface area contributed by atoms with Gasteiger partial charge in [-0.1, -0.05) is 54.6 Å². The van der Waals surface area contributed by atoms with Crippen molar-refractivity contribution in [3.8, 4) is 17.0 Å². The first-order valence-corrected chi connectivity index (χ1v) is 9.50. The van der Waals surface area contributed by atoms with Crippen molar-refractivity contribution in [2.45, 2.75) is 25.8 Å². The molecule has 27 heavy (non-hydrogen) atoms. The monoisotopic (exact) mass is 354 g/mol. The fourth-order valence-corrected chi connectivity index (χ4v) is 4.19. The summed E-state index contributed by atoms with van der Waals surface area (Å²) >= 11 is 0. The van der Waals surface area contributed by atoms with Crippen LogP contribution in [0.3, 0.4) is 0 Å². The van der Waals surface area contributed by atoms with Crippen LogP contribution in [0.5, 0.6) is 5.75 Å². The molecule has 134 valence electrons. The van der Waals surface area contributed by atoms with Crippen molar-refractivity contribution in [3.05, 3.63) is 89.1 Å². The Bertz CT molecular complexity index is 1060. The lowest BCUT2D eigenvalue weighted by Gasteiger charge is -2.17. The van der Waals surface area contributed by atoms with Crippen LogP contribution < -0.4 is 4.74 Å². The third kappa shape index (κ3) is 2.80. The van der Waals surface area contributed by atoms with Crippen molar-refractivity contribution in [1.82, 2.24) is 9.78 Å². The summed E-state index contributed by atoms with van der Waals surface area (Å²) in [7, 11) is 1.72. The molecule has 0 saturated carbocycles. The van der Waals surface area contributed by atoms with Crippen molar-refractivity contribution >= 4 is 5.57 Å². The van der Waals surface area contributed by atoms with Gasteiger partial charge in [0.25, 0.3) is 0 Å². The Morgan fingerprint density at radius 3 is 2.74 bits per heavy atom. The molecule has 2 aliphatic carbocycles. The summed E-state index contributed by atoms with van der Waals surface area (Å²) in [6.45, 7) is 0.791. The van der Waals surface area contributed by atoms with E-state index in [2.05, 4.69) is 71.4 Å². The lowest BCUT2D eigenvalue weighted by molar-refractivity contribution is 0.415. The molecule has 3 heteroatoms. The Labute approximate surface area is 159 Å². The maximum Gasteiger partial charge on any atom is 0.119 e. The van der Waals surface area contributed by atoms with Gasteiger partial charge >= 0.3 is 0 Å². The maximum atomic E-state index is 5.47. The Kier molecular flexibility index (Phi) is 3.93. The molecule has 1 heterocycles. The molecule has 5 rings (SSSR count). The van der Waals surface area contributed by atoms with E-state index in [0.29, 0.717) is 0 Å². The molecule has 2 aliphatic rings. The second kappa shape index (κ2) is 6.58. The normalized spacial score (nSPS) is 14.6. The van der Waals surface area contributed by atoms with Crippen molar-refractivity contribution in [3.63, 3.8) is 0 Å². The highest BCUT2D eigenvalue weighted by molar-refractivity contribution is 5.79. The number of methoxy groups -OCH3 is 1. The van der Waals surface area contributed by atoms with E-state index >= 15 is 0 Å². The molecule has 3 aromatic rings. The zero-order valence-electron chi connectivity index (χ0n) is 15.5. The number of aromatic nitrogens is 2. The highest BCUT2D eigenvalue weighted by atomic mass is 16.5. The summed E-state index contributed by atoms with van der Waals surface area (Å²) in [5.74, 6) is 0.891. The van der Waals surface area contributed by atoms with E-state index in [-0.39, 0.29) is 0 Å². The number of nitrogens with zero attached hydrogens (tertiary/aromatic N) is 2. The molecule has 2 aromatic carbocycles. The lowest BCUT2D eigenvalue weighted by Crippen LogP contribution is -2.07. The zero-order chi connectivity index (χ0) is 18.2. The summed E-state index contributed by atoms with van der Waals surface area (Å²) in [5.41, 5.74) is 9.01. The number of benzene rings is 2. The van der Waals surface area contributed by atoms with Crippen LogP contribution in [-0.2, 0) is 19.4 Å². The molecule has 0 aliphatic heterocycles. The fraction of sp³-hybridized carbons (Fsp3) is 0.208. The first-order chi connectivity index (χ1) is 13.3. The van der Waals surface area contributed by atoms with Gasteiger partial charge in [0.1, 0.15) is 5.75 Å². The molecule has 0 unspecified atom stereocenters. The number of ether oxygens (including phenoxy) is 1. The third-order valence-corrected chi connectivity index (χ3v) is 5.52. The standard InChI is InChI=1S/C24H22N2O/c1-27-20-13-11-18-12-14-21-23(22(18)15-20)25-26(16-17-7-3-2-4-8-17)24(21)19-9-5-6-10-19/h2-9,11,13,15H,10,12,14,16H2,1H3. The molecule has 3 nitrogen and oxygen atoms in total. The van der Waals surface area contributed by atoms with Crippen LogP contribution in [0.1, 0.15) is 28.8 Å². The molecule has 0 atom stereocenters.